The molecule has 130 valence electrons. The van der Waals surface area contributed by atoms with Crippen LogP contribution in [0.1, 0.15) is 37.7 Å². The zero-order chi connectivity index (χ0) is 16.8. The van der Waals surface area contributed by atoms with Crippen molar-refractivity contribution < 1.29 is 9.18 Å². The Morgan fingerprint density at radius 3 is 2.58 bits per heavy atom. The summed E-state index contributed by atoms with van der Waals surface area (Å²) in [6, 6.07) is 6.55. The fraction of sp³-hybridized carbons (Fsp3) is 0.550. The van der Waals surface area contributed by atoms with Crippen LogP contribution in [0.15, 0.2) is 35.9 Å². The Kier molecular flexibility index (Phi) is 6.02. The number of carbonyl (C=O) groups is 1. The van der Waals surface area contributed by atoms with Crippen LogP contribution < -0.4 is 0 Å². The van der Waals surface area contributed by atoms with E-state index >= 15 is 0 Å². The molecule has 0 spiro atoms. The number of halogens is 1. The monoisotopic (exact) mass is 330 g/mol. The molecule has 1 saturated heterocycles. The molecule has 1 aliphatic heterocycles. The van der Waals surface area contributed by atoms with Crippen LogP contribution in [0.4, 0.5) is 4.39 Å². The van der Waals surface area contributed by atoms with Crippen molar-refractivity contribution in [2.45, 2.75) is 38.5 Å². The maximum Gasteiger partial charge on any atom is 0.227 e. The number of rotatable bonds is 5. The number of hydrogen-bond donors (Lipinski definition) is 0. The lowest BCUT2D eigenvalue weighted by atomic mass is 9.97. The highest BCUT2D eigenvalue weighted by Crippen LogP contribution is 2.20. The summed E-state index contributed by atoms with van der Waals surface area (Å²) in [5.74, 6) is -0.250. The third-order valence-corrected chi connectivity index (χ3v) is 5.16. The number of nitrogens with zero attached hydrogens (tertiary/aromatic N) is 2. The summed E-state index contributed by atoms with van der Waals surface area (Å²) >= 11 is 0. The minimum Gasteiger partial charge on any atom is -0.340 e. The Hall–Kier alpha value is -1.68. The standard InChI is InChI=1S/C20H27FN2O/c21-19-9-5-4-8-18(19)16-20(24)23-14-12-22(13-15-23)11-10-17-6-2-1-3-7-17/h4-6,8-9H,1-3,7,10-16H2. The topological polar surface area (TPSA) is 23.6 Å². The van der Waals surface area contributed by atoms with Gasteiger partial charge in [-0.3, -0.25) is 9.69 Å². The number of allylic oxidation sites excluding steroid dienone is 1. The predicted octanol–water partition coefficient (Wildman–Crippen LogP) is 3.40. The van der Waals surface area contributed by atoms with Crippen LogP contribution in [0.5, 0.6) is 0 Å². The summed E-state index contributed by atoms with van der Waals surface area (Å²) in [6.45, 7) is 4.46. The van der Waals surface area contributed by atoms with Gasteiger partial charge in [-0.25, -0.2) is 4.39 Å². The maximum atomic E-state index is 13.7. The average Bonchev–Trinajstić information content (AvgIpc) is 2.63. The largest absolute Gasteiger partial charge is 0.340 e. The molecule has 0 N–H and O–H groups in total. The van der Waals surface area contributed by atoms with Gasteiger partial charge in [-0.2, -0.15) is 0 Å². The highest BCUT2D eigenvalue weighted by atomic mass is 19.1. The van der Waals surface area contributed by atoms with Crippen LogP contribution in [0.2, 0.25) is 0 Å². The number of piperazine rings is 1. The quantitative estimate of drug-likeness (QED) is 0.773. The predicted molar refractivity (Wildman–Crippen MR) is 94.3 cm³/mol. The molecular formula is C20H27FN2O. The lowest BCUT2D eigenvalue weighted by molar-refractivity contribution is -0.132. The van der Waals surface area contributed by atoms with E-state index in [9.17, 15) is 9.18 Å². The summed E-state index contributed by atoms with van der Waals surface area (Å²) in [5, 5.41) is 0. The van der Waals surface area contributed by atoms with Gasteiger partial charge in [0, 0.05) is 32.7 Å². The minimum absolute atomic E-state index is 0.0368. The van der Waals surface area contributed by atoms with Crippen LogP contribution in [-0.4, -0.2) is 48.4 Å². The molecule has 3 rings (SSSR count). The fourth-order valence-corrected chi connectivity index (χ4v) is 3.57. The second-order valence-corrected chi connectivity index (χ2v) is 6.85. The maximum absolute atomic E-state index is 13.7. The third kappa shape index (κ3) is 4.67. The van der Waals surface area contributed by atoms with Crippen molar-refractivity contribution in [2.24, 2.45) is 0 Å². The third-order valence-electron chi connectivity index (χ3n) is 5.16. The Bertz CT molecular complexity index is 591. The first-order valence-electron chi connectivity index (χ1n) is 9.14. The van der Waals surface area contributed by atoms with E-state index in [0.717, 1.165) is 32.7 Å². The minimum atomic E-state index is -0.287. The van der Waals surface area contributed by atoms with Crippen molar-refractivity contribution >= 4 is 5.91 Å². The average molecular weight is 330 g/mol. The SMILES string of the molecule is O=C(Cc1ccccc1F)N1CCN(CCC2=CCCCC2)CC1. The van der Waals surface area contributed by atoms with E-state index in [4.69, 9.17) is 0 Å². The van der Waals surface area contributed by atoms with E-state index in [2.05, 4.69) is 11.0 Å². The number of amides is 1. The van der Waals surface area contributed by atoms with Gasteiger partial charge in [0.05, 0.1) is 6.42 Å². The fourth-order valence-electron chi connectivity index (χ4n) is 3.57. The molecule has 2 aliphatic rings. The molecule has 0 saturated carbocycles. The lowest BCUT2D eigenvalue weighted by Crippen LogP contribution is -2.49. The van der Waals surface area contributed by atoms with Crippen molar-refractivity contribution in [3.63, 3.8) is 0 Å². The first kappa shape index (κ1) is 17.2. The molecule has 1 amide bonds. The van der Waals surface area contributed by atoms with Gasteiger partial charge >= 0.3 is 0 Å². The van der Waals surface area contributed by atoms with E-state index in [1.807, 2.05) is 4.90 Å². The summed E-state index contributed by atoms with van der Waals surface area (Å²) in [4.78, 5) is 16.7. The van der Waals surface area contributed by atoms with Crippen LogP contribution in [-0.2, 0) is 11.2 Å². The van der Waals surface area contributed by atoms with Crippen LogP contribution >= 0.6 is 0 Å². The van der Waals surface area contributed by atoms with Crippen molar-refractivity contribution in [1.82, 2.24) is 9.80 Å². The van der Waals surface area contributed by atoms with Gasteiger partial charge in [0.2, 0.25) is 5.91 Å². The van der Waals surface area contributed by atoms with Crippen molar-refractivity contribution in [3.05, 3.63) is 47.3 Å². The summed E-state index contributed by atoms with van der Waals surface area (Å²) in [6.07, 6.45) is 8.94. The number of hydrogen-bond acceptors (Lipinski definition) is 2. The Balaban J connectivity index is 1.42. The Morgan fingerprint density at radius 1 is 1.08 bits per heavy atom. The van der Waals surface area contributed by atoms with E-state index in [1.165, 1.54) is 38.2 Å². The van der Waals surface area contributed by atoms with E-state index < -0.39 is 0 Å². The number of benzene rings is 1. The van der Waals surface area contributed by atoms with Crippen molar-refractivity contribution in [2.75, 3.05) is 32.7 Å². The molecule has 0 aromatic heterocycles. The van der Waals surface area contributed by atoms with Crippen molar-refractivity contribution in [3.8, 4) is 0 Å². The summed E-state index contributed by atoms with van der Waals surface area (Å²) < 4.78 is 13.7. The molecule has 1 aliphatic carbocycles. The second-order valence-electron chi connectivity index (χ2n) is 6.85. The molecule has 4 heteroatoms. The lowest BCUT2D eigenvalue weighted by Gasteiger charge is -2.35. The Morgan fingerprint density at radius 2 is 1.88 bits per heavy atom. The molecular weight excluding hydrogens is 303 g/mol. The molecule has 1 aromatic carbocycles. The van der Waals surface area contributed by atoms with E-state index in [1.54, 1.807) is 23.8 Å². The van der Waals surface area contributed by atoms with Crippen molar-refractivity contribution in [1.29, 1.82) is 0 Å². The first-order chi connectivity index (χ1) is 11.7. The normalized spacial score (nSPS) is 19.2. The number of carbonyl (C=O) groups excluding carboxylic acids is 1. The van der Waals surface area contributed by atoms with Crippen LogP contribution in [0.25, 0.3) is 0 Å². The van der Waals surface area contributed by atoms with E-state index in [-0.39, 0.29) is 18.1 Å². The van der Waals surface area contributed by atoms with Gasteiger partial charge in [-0.15, -0.1) is 0 Å². The second kappa shape index (κ2) is 8.43. The zero-order valence-corrected chi connectivity index (χ0v) is 14.3. The summed E-state index contributed by atoms with van der Waals surface area (Å²) in [7, 11) is 0. The van der Waals surface area contributed by atoms with Crippen LogP contribution in [0, 0.1) is 5.82 Å². The van der Waals surface area contributed by atoms with Gasteiger partial charge in [-0.1, -0.05) is 29.8 Å². The molecule has 3 nitrogen and oxygen atoms in total. The van der Waals surface area contributed by atoms with E-state index in [0.29, 0.717) is 5.56 Å². The zero-order valence-electron chi connectivity index (χ0n) is 14.3. The van der Waals surface area contributed by atoms with Gasteiger partial charge in [-0.05, 0) is 43.7 Å². The van der Waals surface area contributed by atoms with Gasteiger partial charge in [0.15, 0.2) is 0 Å². The molecule has 1 heterocycles. The molecule has 0 radical (unpaired) electrons. The highest BCUT2D eigenvalue weighted by Gasteiger charge is 2.21. The van der Waals surface area contributed by atoms with Gasteiger partial charge in [0.1, 0.15) is 5.82 Å². The van der Waals surface area contributed by atoms with Gasteiger partial charge < -0.3 is 4.90 Å². The first-order valence-corrected chi connectivity index (χ1v) is 9.14. The molecule has 1 fully saturated rings. The molecule has 24 heavy (non-hydrogen) atoms. The molecule has 0 atom stereocenters. The smallest absolute Gasteiger partial charge is 0.227 e. The summed E-state index contributed by atoms with van der Waals surface area (Å²) in [5.41, 5.74) is 2.11. The van der Waals surface area contributed by atoms with Gasteiger partial charge in [0.25, 0.3) is 0 Å². The Labute approximate surface area is 144 Å². The molecule has 1 aromatic rings. The highest BCUT2D eigenvalue weighted by molar-refractivity contribution is 5.79. The molecule has 0 unspecified atom stereocenters. The van der Waals surface area contributed by atoms with Crippen LogP contribution in [0.3, 0.4) is 0 Å². The molecule has 0 bridgehead atoms.